The number of nitrogens with zero attached hydrogens (tertiary/aromatic N) is 2. The fourth-order valence-electron chi connectivity index (χ4n) is 5.14. The Balaban J connectivity index is 1.79. The molecule has 0 aliphatic rings. The van der Waals surface area contributed by atoms with Crippen LogP contribution in [0.3, 0.4) is 0 Å². The third kappa shape index (κ3) is 9.62. The summed E-state index contributed by atoms with van der Waals surface area (Å²) in [5.74, 6) is -0.195. The highest BCUT2D eigenvalue weighted by molar-refractivity contribution is 7.98. The third-order valence-electron chi connectivity index (χ3n) is 7.84. The minimum Gasteiger partial charge on any atom is -0.497 e. The molecule has 0 saturated carbocycles. The summed E-state index contributed by atoms with van der Waals surface area (Å²) < 4.78 is 35.0. The van der Waals surface area contributed by atoms with Crippen LogP contribution in [0.25, 0.3) is 0 Å². The first-order valence-corrected chi connectivity index (χ1v) is 18.3. The summed E-state index contributed by atoms with van der Waals surface area (Å²) >= 11 is 1.51. The van der Waals surface area contributed by atoms with Gasteiger partial charge in [-0.25, -0.2) is 8.42 Å². The molecule has 0 aromatic heterocycles. The molecule has 8 nitrogen and oxygen atoms in total. The standard InChI is InChI=1S/C37H43N3O5S2/c1-5-6-23-38-37(42)35(25-29-11-8-7-9-12-29)39(26-30-13-10-14-32(24-30)45-3)36(41)27-40(31-17-15-28(2)16-18-31)47(43,44)34-21-19-33(46-4)20-22-34/h7-22,24,35H,5-6,23,25-27H2,1-4H3,(H,38,42)/t35-/m1/s1. The van der Waals surface area contributed by atoms with Crippen LogP contribution in [0.5, 0.6) is 5.75 Å². The maximum atomic E-state index is 14.6. The van der Waals surface area contributed by atoms with Gasteiger partial charge in [-0.1, -0.05) is 73.5 Å². The van der Waals surface area contributed by atoms with Gasteiger partial charge in [0.1, 0.15) is 18.3 Å². The zero-order valence-electron chi connectivity index (χ0n) is 27.4. The van der Waals surface area contributed by atoms with Crippen molar-refractivity contribution in [1.82, 2.24) is 10.2 Å². The van der Waals surface area contributed by atoms with Gasteiger partial charge in [0, 0.05) is 24.4 Å². The number of carbonyl (C=O) groups is 2. The Morgan fingerprint density at radius 1 is 0.894 bits per heavy atom. The molecule has 248 valence electrons. The molecule has 1 N–H and O–H groups in total. The quantitative estimate of drug-likeness (QED) is 0.108. The van der Waals surface area contributed by atoms with Crippen LogP contribution in [0.15, 0.2) is 113 Å². The third-order valence-corrected chi connectivity index (χ3v) is 10.4. The van der Waals surface area contributed by atoms with E-state index in [2.05, 4.69) is 5.32 Å². The van der Waals surface area contributed by atoms with Crippen LogP contribution in [0.2, 0.25) is 0 Å². The SMILES string of the molecule is CCCCNC(=O)[C@@H](Cc1ccccc1)N(Cc1cccc(OC)c1)C(=O)CN(c1ccc(C)cc1)S(=O)(=O)c1ccc(SC)cc1. The minimum atomic E-state index is -4.17. The second-order valence-electron chi connectivity index (χ2n) is 11.2. The summed E-state index contributed by atoms with van der Waals surface area (Å²) in [7, 11) is -2.60. The lowest BCUT2D eigenvalue weighted by molar-refractivity contribution is -0.140. The van der Waals surface area contributed by atoms with E-state index in [9.17, 15) is 18.0 Å². The number of hydrogen-bond donors (Lipinski definition) is 1. The lowest BCUT2D eigenvalue weighted by atomic mass is 10.0. The number of ether oxygens (including phenoxy) is 1. The number of carbonyl (C=O) groups excluding carboxylic acids is 2. The van der Waals surface area contributed by atoms with E-state index in [4.69, 9.17) is 4.74 Å². The second kappa shape index (κ2) is 17.0. The summed E-state index contributed by atoms with van der Waals surface area (Å²) in [6.07, 6.45) is 3.86. The van der Waals surface area contributed by atoms with Gasteiger partial charge >= 0.3 is 0 Å². The van der Waals surface area contributed by atoms with Crippen molar-refractivity contribution in [2.24, 2.45) is 0 Å². The highest BCUT2D eigenvalue weighted by Crippen LogP contribution is 2.27. The summed E-state index contributed by atoms with van der Waals surface area (Å²) in [5.41, 5.74) is 2.93. The molecule has 0 saturated heterocycles. The molecule has 0 fully saturated rings. The molecule has 0 heterocycles. The van der Waals surface area contributed by atoms with Crippen LogP contribution < -0.4 is 14.4 Å². The van der Waals surface area contributed by atoms with Gasteiger partial charge in [-0.15, -0.1) is 11.8 Å². The average Bonchev–Trinajstić information content (AvgIpc) is 3.09. The first kappa shape index (κ1) is 35.6. The number of rotatable bonds is 16. The summed E-state index contributed by atoms with van der Waals surface area (Å²) in [6, 6.07) is 29.5. The van der Waals surface area contributed by atoms with Crippen molar-refractivity contribution in [1.29, 1.82) is 0 Å². The van der Waals surface area contributed by atoms with E-state index < -0.39 is 28.5 Å². The van der Waals surface area contributed by atoms with Gasteiger partial charge < -0.3 is 15.0 Å². The molecule has 0 bridgehead atoms. The molecule has 47 heavy (non-hydrogen) atoms. The lowest BCUT2D eigenvalue weighted by Crippen LogP contribution is -2.53. The van der Waals surface area contributed by atoms with Gasteiger partial charge in [0.15, 0.2) is 0 Å². The zero-order valence-corrected chi connectivity index (χ0v) is 29.0. The van der Waals surface area contributed by atoms with Crippen LogP contribution in [-0.4, -0.2) is 57.6 Å². The van der Waals surface area contributed by atoms with Gasteiger partial charge in [0.25, 0.3) is 10.0 Å². The van der Waals surface area contributed by atoms with Crippen molar-refractivity contribution in [2.75, 3.05) is 30.8 Å². The van der Waals surface area contributed by atoms with Gasteiger partial charge in [0.05, 0.1) is 17.7 Å². The van der Waals surface area contributed by atoms with Crippen molar-refractivity contribution < 1.29 is 22.7 Å². The Morgan fingerprint density at radius 3 is 2.21 bits per heavy atom. The van der Waals surface area contributed by atoms with E-state index in [1.807, 2.05) is 86.8 Å². The molecule has 0 radical (unpaired) electrons. The van der Waals surface area contributed by atoms with Gasteiger partial charge in [0.2, 0.25) is 11.8 Å². The van der Waals surface area contributed by atoms with Gasteiger partial charge in [-0.3, -0.25) is 13.9 Å². The molecular weight excluding hydrogens is 631 g/mol. The lowest BCUT2D eigenvalue weighted by Gasteiger charge is -2.34. The number of benzene rings is 4. The first-order chi connectivity index (χ1) is 22.7. The predicted octanol–water partition coefficient (Wildman–Crippen LogP) is 6.48. The van der Waals surface area contributed by atoms with Crippen molar-refractivity contribution in [3.63, 3.8) is 0 Å². The molecule has 0 aliphatic heterocycles. The maximum absolute atomic E-state index is 14.6. The number of nitrogens with one attached hydrogen (secondary N) is 1. The highest BCUT2D eigenvalue weighted by Gasteiger charge is 2.34. The number of thioether (sulfide) groups is 1. The Morgan fingerprint density at radius 2 is 1.57 bits per heavy atom. The van der Waals surface area contributed by atoms with Crippen LogP contribution in [0, 0.1) is 6.92 Å². The number of hydrogen-bond acceptors (Lipinski definition) is 6. The number of amides is 2. The Bertz CT molecular complexity index is 1710. The van der Waals surface area contributed by atoms with E-state index in [0.29, 0.717) is 18.0 Å². The van der Waals surface area contributed by atoms with Crippen molar-refractivity contribution in [3.05, 3.63) is 120 Å². The number of sulfonamides is 1. The normalized spacial score (nSPS) is 11.8. The summed E-state index contributed by atoms with van der Waals surface area (Å²) in [5, 5.41) is 3.01. The zero-order chi connectivity index (χ0) is 33.8. The summed E-state index contributed by atoms with van der Waals surface area (Å²) in [6.45, 7) is 3.99. The van der Waals surface area contributed by atoms with Crippen molar-refractivity contribution >= 4 is 39.3 Å². The fraction of sp³-hybridized carbons (Fsp3) is 0.297. The van der Waals surface area contributed by atoms with E-state index in [0.717, 1.165) is 38.7 Å². The smallest absolute Gasteiger partial charge is 0.264 e. The van der Waals surface area contributed by atoms with Crippen LogP contribution in [-0.2, 0) is 32.6 Å². The molecule has 2 amide bonds. The number of unbranched alkanes of at least 4 members (excludes halogenated alkanes) is 1. The molecule has 4 aromatic rings. The van der Waals surface area contributed by atoms with Gasteiger partial charge in [-0.05, 0) is 79.3 Å². The molecule has 4 aromatic carbocycles. The van der Waals surface area contributed by atoms with E-state index in [1.54, 1.807) is 43.5 Å². The molecule has 10 heteroatoms. The molecule has 1 atom stereocenters. The molecule has 0 unspecified atom stereocenters. The molecule has 0 aliphatic carbocycles. The van der Waals surface area contributed by atoms with Crippen LogP contribution in [0.1, 0.15) is 36.5 Å². The molecular formula is C37H43N3O5S2. The van der Waals surface area contributed by atoms with Crippen LogP contribution in [0.4, 0.5) is 5.69 Å². The van der Waals surface area contributed by atoms with E-state index >= 15 is 0 Å². The minimum absolute atomic E-state index is 0.0684. The summed E-state index contributed by atoms with van der Waals surface area (Å²) in [4.78, 5) is 31.0. The topological polar surface area (TPSA) is 96.0 Å². The Kier molecular flexibility index (Phi) is 12.9. The maximum Gasteiger partial charge on any atom is 0.264 e. The average molecular weight is 674 g/mol. The van der Waals surface area contributed by atoms with E-state index in [1.165, 1.54) is 16.7 Å². The molecule has 4 rings (SSSR count). The Hall–Kier alpha value is -4.28. The van der Waals surface area contributed by atoms with Crippen LogP contribution >= 0.6 is 11.8 Å². The number of methoxy groups -OCH3 is 1. The van der Waals surface area contributed by atoms with Crippen molar-refractivity contribution in [3.8, 4) is 5.75 Å². The van der Waals surface area contributed by atoms with E-state index in [-0.39, 0.29) is 23.8 Å². The van der Waals surface area contributed by atoms with Crippen molar-refractivity contribution in [2.45, 2.75) is 55.5 Å². The predicted molar refractivity (Wildman–Crippen MR) is 189 cm³/mol. The number of aryl methyl sites for hydroxylation is 1. The first-order valence-electron chi connectivity index (χ1n) is 15.6. The highest BCUT2D eigenvalue weighted by atomic mass is 32.2. The van der Waals surface area contributed by atoms with Gasteiger partial charge in [-0.2, -0.15) is 0 Å². The molecule has 0 spiro atoms. The number of anilines is 1. The second-order valence-corrected chi connectivity index (χ2v) is 14.0. The Labute approximate surface area is 283 Å². The monoisotopic (exact) mass is 673 g/mol. The fourth-order valence-corrected chi connectivity index (χ4v) is 6.96. The largest absolute Gasteiger partial charge is 0.497 e.